The van der Waals surface area contributed by atoms with Crippen molar-refractivity contribution < 1.29 is 4.79 Å². The van der Waals surface area contributed by atoms with Crippen LogP contribution in [-0.4, -0.2) is 5.78 Å². The minimum Gasteiger partial charge on any atom is -0.324 e. The van der Waals surface area contributed by atoms with Gasteiger partial charge in [-0.15, -0.1) is 0 Å². The van der Waals surface area contributed by atoms with Gasteiger partial charge in [-0.25, -0.2) is 0 Å². The van der Waals surface area contributed by atoms with E-state index in [1.54, 1.807) is 0 Å². The smallest absolute Gasteiger partial charge is 0.138 e. The van der Waals surface area contributed by atoms with Crippen LogP contribution in [0.4, 0.5) is 0 Å². The normalized spacial score (nSPS) is 12.1. The SMILES string of the molecule is C=C(C)CC(=O)CC(N)c1ccccc1. The van der Waals surface area contributed by atoms with E-state index in [9.17, 15) is 4.79 Å². The molecule has 1 aromatic carbocycles. The van der Waals surface area contributed by atoms with E-state index < -0.39 is 0 Å². The summed E-state index contributed by atoms with van der Waals surface area (Å²) in [6, 6.07) is 9.48. The van der Waals surface area contributed by atoms with Crippen molar-refractivity contribution in [2.45, 2.75) is 25.8 Å². The first-order valence-electron chi connectivity index (χ1n) is 5.06. The fourth-order valence-corrected chi connectivity index (χ4v) is 1.47. The molecule has 0 saturated carbocycles. The van der Waals surface area contributed by atoms with Gasteiger partial charge in [-0.3, -0.25) is 4.79 Å². The first kappa shape index (κ1) is 11.7. The van der Waals surface area contributed by atoms with E-state index in [4.69, 9.17) is 5.73 Å². The summed E-state index contributed by atoms with van der Waals surface area (Å²) >= 11 is 0. The zero-order valence-corrected chi connectivity index (χ0v) is 9.07. The summed E-state index contributed by atoms with van der Waals surface area (Å²) in [6.07, 6.45) is 0.817. The molecule has 0 aliphatic heterocycles. The summed E-state index contributed by atoms with van der Waals surface area (Å²) in [6.45, 7) is 5.57. The Morgan fingerprint density at radius 3 is 2.53 bits per heavy atom. The molecule has 1 aromatic rings. The van der Waals surface area contributed by atoms with Crippen molar-refractivity contribution >= 4 is 5.78 Å². The summed E-state index contributed by atoms with van der Waals surface area (Å²) in [7, 11) is 0. The van der Waals surface area contributed by atoms with Gasteiger partial charge in [0.25, 0.3) is 0 Å². The lowest BCUT2D eigenvalue weighted by Crippen LogP contribution is -2.15. The molecule has 0 heterocycles. The third kappa shape index (κ3) is 4.09. The van der Waals surface area contributed by atoms with Crippen molar-refractivity contribution in [1.82, 2.24) is 0 Å². The Hall–Kier alpha value is -1.41. The van der Waals surface area contributed by atoms with Gasteiger partial charge in [-0.05, 0) is 12.5 Å². The molecule has 1 atom stereocenters. The maximum atomic E-state index is 11.5. The van der Waals surface area contributed by atoms with Crippen LogP contribution in [0.15, 0.2) is 42.5 Å². The predicted octanol–water partition coefficient (Wildman–Crippen LogP) is 2.61. The first-order valence-corrected chi connectivity index (χ1v) is 5.06. The summed E-state index contributed by atoms with van der Waals surface area (Å²) in [5.41, 5.74) is 7.82. The van der Waals surface area contributed by atoms with Gasteiger partial charge in [0.05, 0.1) is 0 Å². The van der Waals surface area contributed by atoms with Crippen LogP contribution >= 0.6 is 0 Å². The Labute approximate surface area is 90.8 Å². The average Bonchev–Trinajstić information content (AvgIpc) is 2.17. The van der Waals surface area contributed by atoms with E-state index in [2.05, 4.69) is 6.58 Å². The highest BCUT2D eigenvalue weighted by molar-refractivity contribution is 5.81. The summed E-state index contributed by atoms with van der Waals surface area (Å²) in [4.78, 5) is 11.5. The van der Waals surface area contributed by atoms with E-state index in [0.29, 0.717) is 12.8 Å². The number of hydrogen-bond acceptors (Lipinski definition) is 2. The van der Waals surface area contributed by atoms with E-state index in [-0.39, 0.29) is 11.8 Å². The standard InChI is InChI=1S/C13H17NO/c1-10(2)8-12(15)9-13(14)11-6-4-3-5-7-11/h3-7,13H,1,8-9,14H2,2H3. The molecule has 80 valence electrons. The Morgan fingerprint density at radius 2 is 2.00 bits per heavy atom. The highest BCUT2D eigenvalue weighted by Crippen LogP contribution is 2.15. The Bertz CT molecular complexity index is 343. The van der Waals surface area contributed by atoms with Crippen molar-refractivity contribution in [3.63, 3.8) is 0 Å². The summed E-state index contributed by atoms with van der Waals surface area (Å²) in [5.74, 6) is 0.152. The van der Waals surface area contributed by atoms with Gasteiger partial charge in [0.1, 0.15) is 5.78 Å². The third-order valence-electron chi connectivity index (χ3n) is 2.17. The molecular formula is C13H17NO. The molecule has 0 fully saturated rings. The van der Waals surface area contributed by atoms with Crippen LogP contribution in [0.25, 0.3) is 0 Å². The number of ketones is 1. The molecule has 2 nitrogen and oxygen atoms in total. The maximum absolute atomic E-state index is 11.5. The van der Waals surface area contributed by atoms with Crippen molar-refractivity contribution in [3.05, 3.63) is 48.0 Å². The molecule has 0 radical (unpaired) electrons. The highest BCUT2D eigenvalue weighted by atomic mass is 16.1. The molecule has 2 heteroatoms. The molecule has 0 aromatic heterocycles. The fraction of sp³-hybridized carbons (Fsp3) is 0.308. The fourth-order valence-electron chi connectivity index (χ4n) is 1.47. The predicted molar refractivity (Wildman–Crippen MR) is 62.4 cm³/mol. The van der Waals surface area contributed by atoms with Crippen LogP contribution in [0.2, 0.25) is 0 Å². The molecule has 1 rings (SSSR count). The number of carbonyl (C=O) groups is 1. The number of benzene rings is 1. The van der Waals surface area contributed by atoms with Gasteiger partial charge in [-0.1, -0.05) is 42.5 Å². The van der Waals surface area contributed by atoms with Crippen LogP contribution in [0.1, 0.15) is 31.4 Å². The number of hydrogen-bond donors (Lipinski definition) is 1. The van der Waals surface area contributed by atoms with Crippen LogP contribution in [-0.2, 0) is 4.79 Å². The van der Waals surface area contributed by atoms with E-state index >= 15 is 0 Å². The number of carbonyl (C=O) groups excluding carboxylic acids is 1. The van der Waals surface area contributed by atoms with Crippen molar-refractivity contribution in [1.29, 1.82) is 0 Å². The molecule has 0 aliphatic rings. The van der Waals surface area contributed by atoms with Crippen LogP contribution in [0.5, 0.6) is 0 Å². The molecule has 0 saturated heterocycles. The van der Waals surface area contributed by atoms with Gasteiger partial charge in [-0.2, -0.15) is 0 Å². The lowest BCUT2D eigenvalue weighted by atomic mass is 10.00. The van der Waals surface area contributed by atoms with Crippen molar-refractivity contribution in [3.8, 4) is 0 Å². The Morgan fingerprint density at radius 1 is 1.40 bits per heavy atom. The van der Waals surface area contributed by atoms with Gasteiger partial charge in [0.15, 0.2) is 0 Å². The van der Waals surface area contributed by atoms with Gasteiger partial charge >= 0.3 is 0 Å². The molecule has 0 aliphatic carbocycles. The lowest BCUT2D eigenvalue weighted by molar-refractivity contribution is -0.118. The second kappa shape index (κ2) is 5.47. The number of nitrogens with two attached hydrogens (primary N) is 1. The average molecular weight is 203 g/mol. The van der Waals surface area contributed by atoms with E-state index in [0.717, 1.165) is 11.1 Å². The maximum Gasteiger partial charge on any atom is 0.138 e. The van der Waals surface area contributed by atoms with Gasteiger partial charge in [0.2, 0.25) is 0 Å². The topological polar surface area (TPSA) is 43.1 Å². The van der Waals surface area contributed by atoms with Crippen LogP contribution in [0.3, 0.4) is 0 Å². The molecule has 0 bridgehead atoms. The van der Waals surface area contributed by atoms with Gasteiger partial charge < -0.3 is 5.73 Å². The molecule has 1 unspecified atom stereocenters. The van der Waals surface area contributed by atoms with Crippen LogP contribution < -0.4 is 5.73 Å². The number of allylic oxidation sites excluding steroid dienone is 1. The highest BCUT2D eigenvalue weighted by Gasteiger charge is 2.10. The summed E-state index contributed by atoms with van der Waals surface area (Å²) in [5, 5.41) is 0. The summed E-state index contributed by atoms with van der Waals surface area (Å²) < 4.78 is 0. The Kier molecular flexibility index (Phi) is 4.25. The van der Waals surface area contributed by atoms with E-state index in [1.807, 2.05) is 37.3 Å². The second-order valence-electron chi connectivity index (χ2n) is 3.89. The van der Waals surface area contributed by atoms with Gasteiger partial charge in [0, 0.05) is 18.9 Å². The van der Waals surface area contributed by atoms with Crippen LogP contribution in [0, 0.1) is 0 Å². The largest absolute Gasteiger partial charge is 0.324 e. The molecule has 0 amide bonds. The minimum absolute atomic E-state index is 0.152. The molecule has 0 spiro atoms. The number of Topliss-reactive ketones (excluding diaryl/α,β-unsaturated/α-hetero) is 1. The first-order chi connectivity index (χ1) is 7.09. The molecule has 2 N–H and O–H groups in total. The van der Waals surface area contributed by atoms with Crippen molar-refractivity contribution in [2.24, 2.45) is 5.73 Å². The zero-order valence-electron chi connectivity index (χ0n) is 9.07. The second-order valence-corrected chi connectivity index (χ2v) is 3.89. The van der Waals surface area contributed by atoms with E-state index in [1.165, 1.54) is 0 Å². The molecular weight excluding hydrogens is 186 g/mol. The number of rotatable bonds is 5. The molecule has 15 heavy (non-hydrogen) atoms. The monoisotopic (exact) mass is 203 g/mol. The van der Waals surface area contributed by atoms with Crippen molar-refractivity contribution in [2.75, 3.05) is 0 Å². The third-order valence-corrected chi connectivity index (χ3v) is 2.17. The zero-order chi connectivity index (χ0) is 11.3. The quantitative estimate of drug-likeness (QED) is 0.747. The lowest BCUT2D eigenvalue weighted by Gasteiger charge is -2.10. The minimum atomic E-state index is -0.196. The Balaban J connectivity index is 2.53.